The van der Waals surface area contributed by atoms with Gasteiger partial charge in [0.2, 0.25) is 5.91 Å². The van der Waals surface area contributed by atoms with E-state index < -0.39 is 24.2 Å². The highest BCUT2D eigenvalue weighted by Gasteiger charge is 2.23. The van der Waals surface area contributed by atoms with Crippen molar-refractivity contribution < 1.29 is 20.1 Å². The Balaban J connectivity index is 3.50. The van der Waals surface area contributed by atoms with Crippen LogP contribution in [0.3, 0.4) is 0 Å². The summed E-state index contributed by atoms with van der Waals surface area (Å²) in [4.78, 5) is 12.6. The van der Waals surface area contributed by atoms with E-state index in [1.165, 1.54) is 283 Å². The lowest BCUT2D eigenvalue weighted by molar-refractivity contribution is -0.131. The third kappa shape index (κ3) is 52.6. The second-order valence-corrected chi connectivity index (χ2v) is 21.6. The molecule has 0 radical (unpaired) electrons. The Morgan fingerprint density at radius 2 is 0.603 bits per heavy atom. The summed E-state index contributed by atoms with van der Waals surface area (Å²) in [5, 5.41) is 33.7. The number of nitrogens with one attached hydrogen (secondary N) is 1. The molecular weight excluding hydrogens is 835 g/mol. The van der Waals surface area contributed by atoms with Crippen LogP contribution >= 0.6 is 0 Å². The molecule has 0 spiro atoms. The molecule has 5 nitrogen and oxygen atoms in total. The second kappa shape index (κ2) is 58.4. The van der Waals surface area contributed by atoms with E-state index >= 15 is 0 Å². The monoisotopic (exact) mass is 958 g/mol. The van der Waals surface area contributed by atoms with Crippen molar-refractivity contribution >= 4 is 5.91 Å². The van der Waals surface area contributed by atoms with Crippen LogP contribution in [-0.2, 0) is 4.79 Å². The maximum atomic E-state index is 12.6. The minimum absolute atomic E-state index is 0.310. The van der Waals surface area contributed by atoms with Gasteiger partial charge in [-0.05, 0) is 44.9 Å². The van der Waals surface area contributed by atoms with Crippen LogP contribution in [-0.4, -0.2) is 46.1 Å². The largest absolute Gasteiger partial charge is 0.394 e. The highest BCUT2D eigenvalue weighted by Crippen LogP contribution is 2.18. The van der Waals surface area contributed by atoms with Crippen molar-refractivity contribution in [1.29, 1.82) is 0 Å². The summed E-state index contributed by atoms with van der Waals surface area (Å²) in [6.45, 7) is 4.28. The predicted octanol–water partition coefficient (Wildman–Crippen LogP) is 19.6. The van der Waals surface area contributed by atoms with Gasteiger partial charge < -0.3 is 20.6 Å². The number of allylic oxidation sites excluding steroid dienone is 4. The Bertz CT molecular complexity index is 1010. The predicted molar refractivity (Wildman–Crippen MR) is 301 cm³/mol. The van der Waals surface area contributed by atoms with Crippen LogP contribution in [0.1, 0.15) is 348 Å². The zero-order valence-electron chi connectivity index (χ0n) is 46.3. The molecule has 5 heteroatoms. The van der Waals surface area contributed by atoms with Crippen molar-refractivity contribution in [2.75, 3.05) is 6.61 Å². The minimum Gasteiger partial charge on any atom is -0.394 e. The van der Waals surface area contributed by atoms with Gasteiger partial charge in [0.1, 0.15) is 6.10 Å². The first kappa shape index (κ1) is 66.8. The SMILES string of the molecule is CCCCCCCCCCC/C=C\C/C=C\CCCCCCCCCCCCCCCCC(O)C(=O)NC(CO)C(O)CCCCCCCCCCCCCCCCCCCCCCCCCC. The van der Waals surface area contributed by atoms with Crippen LogP contribution in [0.2, 0.25) is 0 Å². The van der Waals surface area contributed by atoms with Gasteiger partial charge in [-0.15, -0.1) is 0 Å². The lowest BCUT2D eigenvalue weighted by Crippen LogP contribution is -2.49. The third-order valence-electron chi connectivity index (χ3n) is 14.8. The molecule has 0 aliphatic heterocycles. The Morgan fingerprint density at radius 3 is 0.882 bits per heavy atom. The summed E-state index contributed by atoms with van der Waals surface area (Å²) in [5.74, 6) is -0.465. The van der Waals surface area contributed by atoms with Crippen LogP contribution in [0.5, 0.6) is 0 Å². The Kier molecular flexibility index (Phi) is 57.4. The van der Waals surface area contributed by atoms with E-state index in [2.05, 4.69) is 43.5 Å². The van der Waals surface area contributed by atoms with E-state index in [0.717, 1.165) is 38.5 Å². The standard InChI is InChI=1S/C63H123NO4/c1-3-5-7-9-11-13-15-17-19-21-23-25-27-29-30-31-32-33-34-36-38-40-42-44-46-48-50-52-54-56-58-62(67)63(68)64-60(59-65)61(66)57-55-53-51-49-47-45-43-41-39-37-35-28-26-24-22-20-18-16-14-12-10-8-6-4-2/h23,25,29-30,60-62,65-67H,3-22,24,26-28,31-59H2,1-2H3,(H,64,68)/b25-23-,30-29-. The first-order valence-corrected chi connectivity index (χ1v) is 31.1. The normalized spacial score (nSPS) is 13.3. The van der Waals surface area contributed by atoms with Gasteiger partial charge in [0, 0.05) is 0 Å². The molecule has 3 atom stereocenters. The molecule has 3 unspecified atom stereocenters. The number of amides is 1. The van der Waals surface area contributed by atoms with Gasteiger partial charge in [0.25, 0.3) is 0 Å². The van der Waals surface area contributed by atoms with Crippen LogP contribution in [0.25, 0.3) is 0 Å². The highest BCUT2D eigenvalue weighted by molar-refractivity contribution is 5.80. The number of carbonyl (C=O) groups is 1. The van der Waals surface area contributed by atoms with Crippen molar-refractivity contribution in [3.8, 4) is 0 Å². The van der Waals surface area contributed by atoms with Crippen molar-refractivity contribution in [2.45, 2.75) is 366 Å². The van der Waals surface area contributed by atoms with E-state index in [4.69, 9.17) is 0 Å². The zero-order valence-corrected chi connectivity index (χ0v) is 46.3. The average Bonchev–Trinajstić information content (AvgIpc) is 3.34. The Labute approximate surface area is 426 Å². The first-order valence-electron chi connectivity index (χ1n) is 31.1. The third-order valence-corrected chi connectivity index (χ3v) is 14.8. The molecular formula is C63H123NO4. The molecule has 0 bridgehead atoms. The van der Waals surface area contributed by atoms with Crippen molar-refractivity contribution in [3.63, 3.8) is 0 Å². The lowest BCUT2D eigenvalue weighted by Gasteiger charge is -2.23. The van der Waals surface area contributed by atoms with Crippen molar-refractivity contribution in [1.82, 2.24) is 5.32 Å². The molecule has 0 aromatic heterocycles. The molecule has 4 N–H and O–H groups in total. The van der Waals surface area contributed by atoms with Gasteiger partial charge in [0.05, 0.1) is 18.8 Å². The molecule has 0 rings (SSSR count). The van der Waals surface area contributed by atoms with Crippen molar-refractivity contribution in [3.05, 3.63) is 24.3 Å². The maximum absolute atomic E-state index is 12.6. The van der Waals surface area contributed by atoms with Crippen LogP contribution in [0.4, 0.5) is 0 Å². The summed E-state index contributed by atoms with van der Waals surface area (Å²) in [6.07, 6.45) is 75.3. The molecule has 1 amide bonds. The summed E-state index contributed by atoms with van der Waals surface area (Å²) >= 11 is 0. The van der Waals surface area contributed by atoms with Crippen LogP contribution < -0.4 is 5.32 Å². The Morgan fingerprint density at radius 1 is 0.353 bits per heavy atom. The zero-order chi connectivity index (χ0) is 49.3. The van der Waals surface area contributed by atoms with Crippen molar-refractivity contribution in [2.24, 2.45) is 0 Å². The molecule has 0 heterocycles. The molecule has 0 aromatic rings. The molecule has 0 saturated heterocycles. The second-order valence-electron chi connectivity index (χ2n) is 21.6. The maximum Gasteiger partial charge on any atom is 0.249 e. The summed E-state index contributed by atoms with van der Waals surface area (Å²) in [5.41, 5.74) is 0. The fourth-order valence-corrected chi connectivity index (χ4v) is 9.99. The molecule has 404 valence electrons. The van der Waals surface area contributed by atoms with E-state index in [9.17, 15) is 20.1 Å². The van der Waals surface area contributed by atoms with Crippen LogP contribution in [0, 0.1) is 0 Å². The van der Waals surface area contributed by atoms with E-state index in [0.29, 0.717) is 12.8 Å². The Hall–Kier alpha value is -1.17. The number of aliphatic hydroxyl groups excluding tert-OH is 3. The van der Waals surface area contributed by atoms with Gasteiger partial charge in [0.15, 0.2) is 0 Å². The number of hydrogen-bond acceptors (Lipinski definition) is 4. The molecule has 0 saturated carbocycles. The van der Waals surface area contributed by atoms with E-state index in [1.807, 2.05) is 0 Å². The van der Waals surface area contributed by atoms with Crippen LogP contribution in [0.15, 0.2) is 24.3 Å². The summed E-state index contributed by atoms with van der Waals surface area (Å²) in [6, 6.07) is -0.712. The number of aliphatic hydroxyl groups is 3. The van der Waals surface area contributed by atoms with Gasteiger partial charge in [-0.25, -0.2) is 0 Å². The number of carbonyl (C=O) groups excluding carboxylic acids is 1. The minimum atomic E-state index is -1.08. The van der Waals surface area contributed by atoms with Gasteiger partial charge in [-0.3, -0.25) is 4.79 Å². The average molecular weight is 959 g/mol. The smallest absolute Gasteiger partial charge is 0.249 e. The van der Waals surface area contributed by atoms with Gasteiger partial charge in [-0.1, -0.05) is 327 Å². The van der Waals surface area contributed by atoms with Gasteiger partial charge in [-0.2, -0.15) is 0 Å². The topological polar surface area (TPSA) is 89.8 Å². The van der Waals surface area contributed by atoms with E-state index in [-0.39, 0.29) is 6.61 Å². The molecule has 0 fully saturated rings. The molecule has 68 heavy (non-hydrogen) atoms. The number of hydrogen-bond donors (Lipinski definition) is 4. The highest BCUT2D eigenvalue weighted by atomic mass is 16.3. The number of rotatable bonds is 58. The quantitative estimate of drug-likeness (QED) is 0.0361. The lowest BCUT2D eigenvalue weighted by atomic mass is 10.0. The first-order chi connectivity index (χ1) is 33.6. The number of unbranched alkanes of at least 4 members (excludes halogenated alkanes) is 46. The van der Waals surface area contributed by atoms with Gasteiger partial charge >= 0.3 is 0 Å². The fourth-order valence-electron chi connectivity index (χ4n) is 9.99. The summed E-state index contributed by atoms with van der Waals surface area (Å²) in [7, 11) is 0. The molecule has 0 aliphatic carbocycles. The summed E-state index contributed by atoms with van der Waals surface area (Å²) < 4.78 is 0. The van der Waals surface area contributed by atoms with E-state index in [1.54, 1.807) is 0 Å². The molecule has 0 aliphatic rings. The molecule has 0 aromatic carbocycles. The fraction of sp³-hybridized carbons (Fsp3) is 0.921.